The molecule has 4 heteroatoms. The SMILES string of the molecule is CCn1ncc(NC(=O)CCc2ccccc2)c1C. The van der Waals surface area contributed by atoms with Crippen LogP contribution >= 0.6 is 0 Å². The van der Waals surface area contributed by atoms with E-state index < -0.39 is 0 Å². The lowest BCUT2D eigenvalue weighted by Gasteiger charge is -2.05. The van der Waals surface area contributed by atoms with E-state index in [2.05, 4.69) is 10.4 Å². The van der Waals surface area contributed by atoms with Gasteiger partial charge in [0.25, 0.3) is 0 Å². The van der Waals surface area contributed by atoms with Gasteiger partial charge in [-0.3, -0.25) is 9.48 Å². The minimum atomic E-state index is 0.0302. The largest absolute Gasteiger partial charge is 0.323 e. The molecule has 0 aliphatic rings. The third kappa shape index (κ3) is 3.44. The molecule has 0 saturated heterocycles. The summed E-state index contributed by atoms with van der Waals surface area (Å²) in [4.78, 5) is 11.9. The molecule has 2 rings (SSSR count). The van der Waals surface area contributed by atoms with Gasteiger partial charge in [-0.2, -0.15) is 5.10 Å². The van der Waals surface area contributed by atoms with Crippen LogP contribution in [-0.2, 0) is 17.8 Å². The summed E-state index contributed by atoms with van der Waals surface area (Å²) in [7, 11) is 0. The fourth-order valence-electron chi connectivity index (χ4n) is 2.00. The summed E-state index contributed by atoms with van der Waals surface area (Å²) < 4.78 is 1.87. The molecule has 0 radical (unpaired) electrons. The fourth-order valence-corrected chi connectivity index (χ4v) is 2.00. The molecule has 0 saturated carbocycles. The van der Waals surface area contributed by atoms with Gasteiger partial charge in [-0.25, -0.2) is 0 Å². The first kappa shape index (κ1) is 13.3. The lowest BCUT2D eigenvalue weighted by Crippen LogP contribution is -2.13. The quantitative estimate of drug-likeness (QED) is 0.895. The van der Waals surface area contributed by atoms with Crippen molar-refractivity contribution in [2.24, 2.45) is 0 Å². The number of aryl methyl sites for hydroxylation is 2. The van der Waals surface area contributed by atoms with Crippen molar-refractivity contribution in [3.8, 4) is 0 Å². The molecule has 1 aromatic carbocycles. The topological polar surface area (TPSA) is 46.9 Å². The molecular weight excluding hydrogens is 238 g/mol. The minimum absolute atomic E-state index is 0.0302. The monoisotopic (exact) mass is 257 g/mol. The van der Waals surface area contributed by atoms with E-state index in [1.54, 1.807) is 6.20 Å². The predicted octanol–water partition coefficient (Wildman–Crippen LogP) is 2.78. The minimum Gasteiger partial charge on any atom is -0.323 e. The smallest absolute Gasteiger partial charge is 0.224 e. The van der Waals surface area contributed by atoms with Crippen molar-refractivity contribution in [1.29, 1.82) is 0 Å². The van der Waals surface area contributed by atoms with Crippen molar-refractivity contribution < 1.29 is 4.79 Å². The van der Waals surface area contributed by atoms with Crippen LogP contribution in [0.1, 0.15) is 24.6 Å². The number of carbonyl (C=O) groups is 1. The molecule has 19 heavy (non-hydrogen) atoms. The van der Waals surface area contributed by atoms with Gasteiger partial charge in [0, 0.05) is 13.0 Å². The average molecular weight is 257 g/mol. The Balaban J connectivity index is 1.89. The Morgan fingerprint density at radius 2 is 2.05 bits per heavy atom. The summed E-state index contributed by atoms with van der Waals surface area (Å²) in [5.74, 6) is 0.0302. The first-order valence-corrected chi connectivity index (χ1v) is 6.57. The highest BCUT2D eigenvalue weighted by Gasteiger charge is 2.08. The van der Waals surface area contributed by atoms with Crippen LogP contribution in [0.5, 0.6) is 0 Å². The molecule has 1 aromatic heterocycles. The number of benzene rings is 1. The Kier molecular flexibility index (Phi) is 4.34. The zero-order valence-electron chi connectivity index (χ0n) is 11.4. The van der Waals surface area contributed by atoms with Crippen LogP contribution in [0.3, 0.4) is 0 Å². The number of amides is 1. The van der Waals surface area contributed by atoms with E-state index in [1.807, 2.05) is 48.9 Å². The maximum atomic E-state index is 11.9. The van der Waals surface area contributed by atoms with E-state index in [-0.39, 0.29) is 5.91 Å². The van der Waals surface area contributed by atoms with E-state index in [0.29, 0.717) is 6.42 Å². The van der Waals surface area contributed by atoms with Gasteiger partial charge in [0.2, 0.25) is 5.91 Å². The molecule has 1 N–H and O–H groups in total. The summed E-state index contributed by atoms with van der Waals surface area (Å²) >= 11 is 0. The Hall–Kier alpha value is -2.10. The van der Waals surface area contributed by atoms with E-state index in [1.165, 1.54) is 5.56 Å². The third-order valence-corrected chi connectivity index (χ3v) is 3.16. The van der Waals surface area contributed by atoms with Crippen LogP contribution in [0, 0.1) is 6.92 Å². The molecule has 2 aromatic rings. The summed E-state index contributed by atoms with van der Waals surface area (Å²) in [5.41, 5.74) is 2.98. The zero-order chi connectivity index (χ0) is 13.7. The second-order valence-corrected chi connectivity index (χ2v) is 4.49. The van der Waals surface area contributed by atoms with E-state index in [9.17, 15) is 4.79 Å². The maximum absolute atomic E-state index is 11.9. The first-order chi connectivity index (χ1) is 9.20. The Morgan fingerprint density at radius 3 is 2.68 bits per heavy atom. The lowest BCUT2D eigenvalue weighted by molar-refractivity contribution is -0.116. The molecule has 0 fully saturated rings. The zero-order valence-corrected chi connectivity index (χ0v) is 11.4. The van der Waals surface area contributed by atoms with Gasteiger partial charge >= 0.3 is 0 Å². The van der Waals surface area contributed by atoms with Crippen molar-refractivity contribution in [2.45, 2.75) is 33.2 Å². The van der Waals surface area contributed by atoms with Gasteiger partial charge in [-0.15, -0.1) is 0 Å². The summed E-state index contributed by atoms with van der Waals surface area (Å²) in [6, 6.07) is 10.0. The Labute approximate surface area is 113 Å². The number of rotatable bonds is 5. The molecule has 0 bridgehead atoms. The first-order valence-electron chi connectivity index (χ1n) is 6.57. The third-order valence-electron chi connectivity index (χ3n) is 3.16. The second kappa shape index (κ2) is 6.18. The van der Waals surface area contributed by atoms with Gasteiger partial charge in [0.05, 0.1) is 17.6 Å². The summed E-state index contributed by atoms with van der Waals surface area (Å²) in [6.45, 7) is 4.80. The predicted molar refractivity (Wildman–Crippen MR) is 76.0 cm³/mol. The summed E-state index contributed by atoms with van der Waals surface area (Å²) in [6.07, 6.45) is 2.95. The normalized spacial score (nSPS) is 10.4. The van der Waals surface area contributed by atoms with Gasteiger partial charge in [0.1, 0.15) is 0 Å². The number of anilines is 1. The van der Waals surface area contributed by atoms with Crippen molar-refractivity contribution in [3.63, 3.8) is 0 Å². The molecule has 100 valence electrons. The number of hydrogen-bond acceptors (Lipinski definition) is 2. The molecule has 1 heterocycles. The number of carbonyl (C=O) groups excluding carboxylic acids is 1. The van der Waals surface area contributed by atoms with Gasteiger partial charge < -0.3 is 5.32 Å². The number of hydrogen-bond donors (Lipinski definition) is 1. The van der Waals surface area contributed by atoms with Crippen LogP contribution in [-0.4, -0.2) is 15.7 Å². The van der Waals surface area contributed by atoms with Gasteiger partial charge in [-0.05, 0) is 25.8 Å². The summed E-state index contributed by atoms with van der Waals surface area (Å²) in [5, 5.41) is 7.12. The highest BCUT2D eigenvalue weighted by molar-refractivity contribution is 5.91. The standard InChI is InChI=1S/C15H19N3O/c1-3-18-12(2)14(11-16-18)17-15(19)10-9-13-7-5-4-6-8-13/h4-8,11H,3,9-10H2,1-2H3,(H,17,19). The Bertz CT molecular complexity index is 546. The van der Waals surface area contributed by atoms with E-state index in [0.717, 1.165) is 24.3 Å². The second-order valence-electron chi connectivity index (χ2n) is 4.49. The van der Waals surface area contributed by atoms with E-state index in [4.69, 9.17) is 0 Å². The number of nitrogens with zero attached hydrogens (tertiary/aromatic N) is 2. The van der Waals surface area contributed by atoms with Crippen molar-refractivity contribution >= 4 is 11.6 Å². The van der Waals surface area contributed by atoms with Crippen LogP contribution in [0.15, 0.2) is 36.5 Å². The average Bonchev–Trinajstić information content (AvgIpc) is 2.78. The van der Waals surface area contributed by atoms with Crippen molar-refractivity contribution in [3.05, 3.63) is 47.8 Å². The Morgan fingerprint density at radius 1 is 1.32 bits per heavy atom. The highest BCUT2D eigenvalue weighted by Crippen LogP contribution is 2.14. The van der Waals surface area contributed by atoms with Crippen LogP contribution in [0.4, 0.5) is 5.69 Å². The molecule has 0 aliphatic heterocycles. The molecule has 0 spiro atoms. The number of nitrogens with one attached hydrogen (secondary N) is 1. The van der Waals surface area contributed by atoms with Crippen molar-refractivity contribution in [1.82, 2.24) is 9.78 Å². The van der Waals surface area contributed by atoms with E-state index >= 15 is 0 Å². The molecule has 0 atom stereocenters. The molecule has 0 aliphatic carbocycles. The molecule has 4 nitrogen and oxygen atoms in total. The van der Waals surface area contributed by atoms with Gasteiger partial charge in [0.15, 0.2) is 0 Å². The fraction of sp³-hybridized carbons (Fsp3) is 0.333. The highest BCUT2D eigenvalue weighted by atomic mass is 16.1. The van der Waals surface area contributed by atoms with Crippen molar-refractivity contribution in [2.75, 3.05) is 5.32 Å². The van der Waals surface area contributed by atoms with Crippen LogP contribution in [0.25, 0.3) is 0 Å². The molecule has 1 amide bonds. The molecular formula is C15H19N3O. The van der Waals surface area contributed by atoms with Crippen LogP contribution < -0.4 is 5.32 Å². The van der Waals surface area contributed by atoms with Gasteiger partial charge in [-0.1, -0.05) is 30.3 Å². The maximum Gasteiger partial charge on any atom is 0.224 e. The molecule has 0 unspecified atom stereocenters. The number of aromatic nitrogens is 2. The lowest BCUT2D eigenvalue weighted by atomic mass is 10.1. The van der Waals surface area contributed by atoms with Crippen LogP contribution in [0.2, 0.25) is 0 Å².